The summed E-state index contributed by atoms with van der Waals surface area (Å²) in [6.07, 6.45) is 0.528. The number of likely N-dealkylation sites (tertiary alicyclic amines) is 1. The van der Waals surface area contributed by atoms with E-state index in [9.17, 15) is 14.7 Å². The number of nitrogens with zero attached hydrogens (tertiary/aromatic N) is 1. The first-order valence-corrected chi connectivity index (χ1v) is 10.5. The molecule has 8 heteroatoms. The second-order valence-electron chi connectivity index (χ2n) is 7.63. The number of rotatable bonds is 9. The van der Waals surface area contributed by atoms with Gasteiger partial charge in [-0.3, -0.25) is 9.59 Å². The molecule has 1 amide bonds. The summed E-state index contributed by atoms with van der Waals surface area (Å²) in [5.41, 5.74) is 1.73. The number of benzene rings is 2. The lowest BCUT2D eigenvalue weighted by Gasteiger charge is -2.27. The smallest absolute Gasteiger partial charge is 0.295 e. The molecule has 1 N–H and O–H groups in total. The molecule has 1 aliphatic heterocycles. The van der Waals surface area contributed by atoms with E-state index in [4.69, 9.17) is 18.9 Å². The second-order valence-corrected chi connectivity index (χ2v) is 7.63. The molecule has 33 heavy (non-hydrogen) atoms. The first kappa shape index (κ1) is 24.1. The SMILES string of the molecule is COCCCN1C(=O)C(=O)/C(=C(/O)c2ccc(OC)cc2C)[C@H]1c1ccc(OC)cc1OC. The molecule has 0 unspecified atom stereocenters. The zero-order chi connectivity index (χ0) is 24.1. The molecule has 0 bridgehead atoms. The van der Waals surface area contributed by atoms with Gasteiger partial charge in [-0.15, -0.1) is 0 Å². The predicted molar refractivity (Wildman–Crippen MR) is 123 cm³/mol. The van der Waals surface area contributed by atoms with E-state index >= 15 is 0 Å². The van der Waals surface area contributed by atoms with Gasteiger partial charge in [0.1, 0.15) is 23.0 Å². The Kier molecular flexibility index (Phi) is 7.60. The molecule has 3 rings (SSSR count). The van der Waals surface area contributed by atoms with Gasteiger partial charge in [-0.1, -0.05) is 0 Å². The van der Waals surface area contributed by atoms with Crippen molar-refractivity contribution in [2.45, 2.75) is 19.4 Å². The Morgan fingerprint density at radius 3 is 2.24 bits per heavy atom. The molecule has 2 aromatic rings. The number of amides is 1. The van der Waals surface area contributed by atoms with Gasteiger partial charge in [-0.2, -0.15) is 0 Å². The van der Waals surface area contributed by atoms with E-state index in [1.54, 1.807) is 57.5 Å². The minimum Gasteiger partial charge on any atom is -0.507 e. The summed E-state index contributed by atoms with van der Waals surface area (Å²) in [6.45, 7) is 2.50. The maximum absolute atomic E-state index is 13.2. The van der Waals surface area contributed by atoms with Crippen molar-refractivity contribution in [3.8, 4) is 17.2 Å². The quantitative estimate of drug-likeness (QED) is 0.268. The van der Waals surface area contributed by atoms with E-state index in [2.05, 4.69) is 0 Å². The first-order chi connectivity index (χ1) is 15.9. The van der Waals surface area contributed by atoms with Crippen LogP contribution in [0.5, 0.6) is 17.2 Å². The van der Waals surface area contributed by atoms with Crippen molar-refractivity contribution in [2.24, 2.45) is 0 Å². The monoisotopic (exact) mass is 455 g/mol. The molecule has 176 valence electrons. The number of methoxy groups -OCH3 is 4. The fraction of sp³-hybridized carbons (Fsp3) is 0.360. The fourth-order valence-electron chi connectivity index (χ4n) is 4.03. The van der Waals surface area contributed by atoms with Gasteiger partial charge in [0, 0.05) is 37.5 Å². The summed E-state index contributed by atoms with van der Waals surface area (Å²) in [5, 5.41) is 11.3. The van der Waals surface area contributed by atoms with Crippen LogP contribution in [-0.4, -0.2) is 63.3 Å². The third-order valence-electron chi connectivity index (χ3n) is 5.71. The van der Waals surface area contributed by atoms with E-state index in [1.807, 2.05) is 0 Å². The standard InChI is InChI=1S/C25H29NO7/c1-15-13-16(31-3)7-9-18(15)23(27)21-22(19-10-8-17(32-4)14-20(19)33-5)26(11-6-12-30-2)25(29)24(21)28/h7-10,13-14,22,27H,6,11-12H2,1-5H3/b23-21+/t22-/m1/s1. The van der Waals surface area contributed by atoms with Crippen LogP contribution < -0.4 is 14.2 Å². The lowest BCUT2D eigenvalue weighted by molar-refractivity contribution is -0.140. The van der Waals surface area contributed by atoms with Crippen molar-refractivity contribution in [3.63, 3.8) is 0 Å². The van der Waals surface area contributed by atoms with Crippen molar-refractivity contribution in [1.29, 1.82) is 0 Å². The van der Waals surface area contributed by atoms with E-state index in [-0.39, 0.29) is 17.9 Å². The molecule has 1 fully saturated rings. The van der Waals surface area contributed by atoms with Crippen molar-refractivity contribution >= 4 is 17.4 Å². The van der Waals surface area contributed by atoms with Crippen LogP contribution in [0.25, 0.3) is 5.76 Å². The number of Topliss-reactive ketones (excluding diaryl/α,β-unsaturated/α-hetero) is 1. The summed E-state index contributed by atoms with van der Waals surface area (Å²) in [7, 11) is 6.17. The molecule has 1 saturated heterocycles. The van der Waals surface area contributed by atoms with Crippen LogP contribution in [0.2, 0.25) is 0 Å². The van der Waals surface area contributed by atoms with Crippen molar-refractivity contribution in [1.82, 2.24) is 4.90 Å². The summed E-state index contributed by atoms with van der Waals surface area (Å²) in [6, 6.07) is 9.45. The van der Waals surface area contributed by atoms with Gasteiger partial charge >= 0.3 is 0 Å². The topological polar surface area (TPSA) is 94.5 Å². The Bertz CT molecular complexity index is 1080. The van der Waals surface area contributed by atoms with E-state index in [0.717, 1.165) is 0 Å². The molecule has 8 nitrogen and oxygen atoms in total. The molecule has 1 aliphatic rings. The van der Waals surface area contributed by atoms with Crippen LogP contribution in [0.15, 0.2) is 42.0 Å². The van der Waals surface area contributed by atoms with E-state index in [1.165, 1.54) is 19.1 Å². The molecule has 0 saturated carbocycles. The lowest BCUT2D eigenvalue weighted by atomic mass is 9.93. The predicted octanol–water partition coefficient (Wildman–Crippen LogP) is 3.48. The number of aryl methyl sites for hydroxylation is 1. The molecular formula is C25H29NO7. The second kappa shape index (κ2) is 10.4. The number of ketones is 1. The molecule has 1 heterocycles. The molecule has 0 spiro atoms. The summed E-state index contributed by atoms with van der Waals surface area (Å²) in [5.74, 6) is -0.0407. The molecule has 0 aromatic heterocycles. The summed E-state index contributed by atoms with van der Waals surface area (Å²) in [4.78, 5) is 27.7. The van der Waals surface area contributed by atoms with Crippen LogP contribution in [-0.2, 0) is 14.3 Å². The maximum Gasteiger partial charge on any atom is 0.295 e. The lowest BCUT2D eigenvalue weighted by Crippen LogP contribution is -2.31. The molecule has 0 radical (unpaired) electrons. The number of hydrogen-bond donors (Lipinski definition) is 1. The molecule has 2 aromatic carbocycles. The Balaban J connectivity index is 2.21. The fourth-order valence-corrected chi connectivity index (χ4v) is 4.03. The van der Waals surface area contributed by atoms with Crippen molar-refractivity contribution < 1.29 is 33.6 Å². The summed E-state index contributed by atoms with van der Waals surface area (Å²) < 4.78 is 21.2. The minimum atomic E-state index is -0.829. The number of ether oxygens (including phenoxy) is 4. The van der Waals surface area contributed by atoms with Gasteiger partial charge in [0.2, 0.25) is 0 Å². The number of hydrogen-bond acceptors (Lipinski definition) is 7. The third-order valence-corrected chi connectivity index (χ3v) is 5.71. The zero-order valence-corrected chi connectivity index (χ0v) is 19.5. The van der Waals surface area contributed by atoms with E-state index < -0.39 is 17.7 Å². The van der Waals surface area contributed by atoms with Crippen LogP contribution in [0.4, 0.5) is 0 Å². The van der Waals surface area contributed by atoms with Crippen LogP contribution in [0, 0.1) is 6.92 Å². The Labute approximate surface area is 193 Å². The highest BCUT2D eigenvalue weighted by Crippen LogP contribution is 2.44. The Morgan fingerprint density at radius 1 is 0.970 bits per heavy atom. The highest BCUT2D eigenvalue weighted by molar-refractivity contribution is 6.46. The summed E-state index contributed by atoms with van der Waals surface area (Å²) >= 11 is 0. The van der Waals surface area contributed by atoms with Gasteiger partial charge in [0.05, 0.1) is 32.9 Å². The third kappa shape index (κ3) is 4.66. The van der Waals surface area contributed by atoms with Crippen molar-refractivity contribution in [2.75, 3.05) is 41.6 Å². The average molecular weight is 456 g/mol. The maximum atomic E-state index is 13.2. The Hall–Kier alpha value is -3.52. The Morgan fingerprint density at radius 2 is 1.64 bits per heavy atom. The van der Waals surface area contributed by atoms with Gasteiger partial charge in [0.25, 0.3) is 11.7 Å². The number of aliphatic hydroxyl groups is 1. The number of carbonyl (C=O) groups excluding carboxylic acids is 2. The van der Waals surface area contributed by atoms with Gasteiger partial charge in [0.15, 0.2) is 0 Å². The first-order valence-electron chi connectivity index (χ1n) is 10.5. The molecule has 0 aliphatic carbocycles. The normalized spacial score (nSPS) is 17.4. The van der Waals surface area contributed by atoms with Gasteiger partial charge in [-0.25, -0.2) is 0 Å². The van der Waals surface area contributed by atoms with Gasteiger partial charge in [-0.05, 0) is 49.2 Å². The molecular weight excluding hydrogens is 426 g/mol. The van der Waals surface area contributed by atoms with Gasteiger partial charge < -0.3 is 29.0 Å². The van der Waals surface area contributed by atoms with Crippen LogP contribution >= 0.6 is 0 Å². The minimum absolute atomic E-state index is 0.00847. The number of carbonyl (C=O) groups is 2. The highest BCUT2D eigenvalue weighted by Gasteiger charge is 2.47. The average Bonchev–Trinajstić information content (AvgIpc) is 3.08. The molecule has 1 atom stereocenters. The zero-order valence-electron chi connectivity index (χ0n) is 19.5. The number of aliphatic hydroxyl groups excluding tert-OH is 1. The highest BCUT2D eigenvalue weighted by atomic mass is 16.5. The largest absolute Gasteiger partial charge is 0.507 e. The van der Waals surface area contributed by atoms with E-state index in [0.29, 0.717) is 47.0 Å². The van der Waals surface area contributed by atoms with Crippen LogP contribution in [0.1, 0.15) is 29.2 Å². The van der Waals surface area contributed by atoms with Crippen molar-refractivity contribution in [3.05, 3.63) is 58.7 Å². The van der Waals surface area contributed by atoms with Crippen LogP contribution in [0.3, 0.4) is 0 Å².